The second-order valence-electron chi connectivity index (χ2n) is 8.65. The van der Waals surface area contributed by atoms with E-state index in [4.69, 9.17) is 0 Å². The first-order valence-electron chi connectivity index (χ1n) is 10.4. The summed E-state index contributed by atoms with van der Waals surface area (Å²) in [6.07, 6.45) is 8.74. The van der Waals surface area contributed by atoms with Crippen molar-refractivity contribution in [3.63, 3.8) is 0 Å². The minimum Gasteiger partial charge on any atom is -0.508 e. The van der Waals surface area contributed by atoms with Crippen LogP contribution in [0.5, 0.6) is 5.75 Å². The number of nitrogens with zero attached hydrogens (tertiary/aromatic N) is 2. The van der Waals surface area contributed by atoms with Crippen LogP contribution in [0.15, 0.2) is 18.2 Å². The van der Waals surface area contributed by atoms with Crippen LogP contribution in [0.3, 0.4) is 0 Å². The number of phenolic OH excluding ortho intramolecular Hbond substituents is 1. The number of rotatable bonds is 2. The monoisotopic (exact) mass is 370 g/mol. The summed E-state index contributed by atoms with van der Waals surface area (Å²) >= 11 is 0. The average Bonchev–Trinajstić information content (AvgIpc) is 3.11. The highest BCUT2D eigenvalue weighted by atomic mass is 16.3. The van der Waals surface area contributed by atoms with E-state index >= 15 is 0 Å². The van der Waals surface area contributed by atoms with E-state index in [2.05, 4.69) is 4.90 Å². The Labute approximate surface area is 161 Å². The number of aromatic hydroxyl groups is 1. The van der Waals surface area contributed by atoms with Gasteiger partial charge in [-0.1, -0.05) is 19.3 Å². The van der Waals surface area contributed by atoms with Gasteiger partial charge in [0.1, 0.15) is 5.75 Å². The van der Waals surface area contributed by atoms with Crippen LogP contribution in [-0.2, 0) is 4.79 Å². The number of carbonyl (C=O) groups excluding carboxylic acids is 2. The fraction of sp³-hybridized carbons (Fsp3) is 0.636. The minimum atomic E-state index is -0.378. The van der Waals surface area contributed by atoms with Crippen LogP contribution in [0.4, 0.5) is 0 Å². The number of amides is 2. The highest BCUT2D eigenvalue weighted by molar-refractivity contribution is 5.96. The van der Waals surface area contributed by atoms with E-state index in [0.29, 0.717) is 30.3 Å². The maximum Gasteiger partial charge on any atom is 0.253 e. The summed E-state index contributed by atoms with van der Waals surface area (Å²) in [6.45, 7) is 3.86. The second kappa shape index (κ2) is 7.17. The fourth-order valence-electron chi connectivity index (χ4n) is 5.24. The average molecular weight is 370 g/mol. The van der Waals surface area contributed by atoms with Crippen molar-refractivity contribution >= 4 is 11.8 Å². The largest absolute Gasteiger partial charge is 0.508 e. The predicted octanol–water partition coefficient (Wildman–Crippen LogP) is 3.49. The SMILES string of the molecule is Cc1cc(C(=O)N2CC[C@@]3(CCCN(C4CCCCC4)C3=O)C2)ccc1O. The minimum absolute atomic E-state index is 0.0300. The van der Waals surface area contributed by atoms with Crippen molar-refractivity contribution in [1.82, 2.24) is 9.80 Å². The second-order valence-corrected chi connectivity index (χ2v) is 8.65. The summed E-state index contributed by atoms with van der Waals surface area (Å²) in [5.41, 5.74) is 0.916. The maximum atomic E-state index is 13.4. The zero-order chi connectivity index (χ0) is 19.0. The van der Waals surface area contributed by atoms with Gasteiger partial charge in [-0.05, 0) is 62.8 Å². The molecular weight excluding hydrogens is 340 g/mol. The Kier molecular flexibility index (Phi) is 4.87. The molecule has 1 N–H and O–H groups in total. The number of carbonyl (C=O) groups is 2. The molecule has 1 spiro atoms. The van der Waals surface area contributed by atoms with Gasteiger partial charge in [0, 0.05) is 31.2 Å². The molecule has 2 amide bonds. The Morgan fingerprint density at radius 1 is 1.11 bits per heavy atom. The molecule has 27 heavy (non-hydrogen) atoms. The number of hydrogen-bond donors (Lipinski definition) is 1. The summed E-state index contributed by atoms with van der Waals surface area (Å²) in [7, 11) is 0. The summed E-state index contributed by atoms with van der Waals surface area (Å²) < 4.78 is 0. The molecule has 1 aliphatic carbocycles. The lowest BCUT2D eigenvalue weighted by molar-refractivity contribution is -0.149. The van der Waals surface area contributed by atoms with E-state index in [9.17, 15) is 14.7 Å². The van der Waals surface area contributed by atoms with Gasteiger partial charge >= 0.3 is 0 Å². The molecule has 146 valence electrons. The molecule has 1 atom stereocenters. The van der Waals surface area contributed by atoms with Crippen LogP contribution >= 0.6 is 0 Å². The highest BCUT2D eigenvalue weighted by Crippen LogP contribution is 2.42. The van der Waals surface area contributed by atoms with E-state index in [-0.39, 0.29) is 23.0 Å². The molecule has 1 saturated carbocycles. The van der Waals surface area contributed by atoms with Gasteiger partial charge in [-0.25, -0.2) is 0 Å². The lowest BCUT2D eigenvalue weighted by Crippen LogP contribution is -2.54. The van der Waals surface area contributed by atoms with Gasteiger partial charge in [0.2, 0.25) is 5.91 Å². The van der Waals surface area contributed by atoms with Gasteiger partial charge in [0.25, 0.3) is 5.91 Å². The maximum absolute atomic E-state index is 13.4. The van der Waals surface area contributed by atoms with Gasteiger partial charge in [-0.15, -0.1) is 0 Å². The molecule has 0 unspecified atom stereocenters. The summed E-state index contributed by atoms with van der Waals surface area (Å²) in [6, 6.07) is 5.39. The summed E-state index contributed by atoms with van der Waals surface area (Å²) in [5.74, 6) is 0.463. The fourth-order valence-corrected chi connectivity index (χ4v) is 5.24. The topological polar surface area (TPSA) is 60.9 Å². The van der Waals surface area contributed by atoms with Crippen molar-refractivity contribution in [3.8, 4) is 5.75 Å². The first-order valence-corrected chi connectivity index (χ1v) is 10.4. The molecule has 2 saturated heterocycles. The number of phenols is 1. The highest BCUT2D eigenvalue weighted by Gasteiger charge is 2.50. The van der Waals surface area contributed by atoms with Gasteiger partial charge in [-0.2, -0.15) is 0 Å². The first-order chi connectivity index (χ1) is 13.0. The predicted molar refractivity (Wildman–Crippen MR) is 104 cm³/mol. The smallest absolute Gasteiger partial charge is 0.253 e. The molecule has 4 rings (SSSR count). The van der Waals surface area contributed by atoms with Gasteiger partial charge in [0.15, 0.2) is 0 Å². The third-order valence-corrected chi connectivity index (χ3v) is 6.87. The molecule has 5 heteroatoms. The Bertz CT molecular complexity index is 741. The molecule has 0 bridgehead atoms. The lowest BCUT2D eigenvalue weighted by Gasteiger charge is -2.44. The van der Waals surface area contributed by atoms with Crippen molar-refractivity contribution in [3.05, 3.63) is 29.3 Å². The Morgan fingerprint density at radius 2 is 1.89 bits per heavy atom. The van der Waals surface area contributed by atoms with Crippen molar-refractivity contribution in [1.29, 1.82) is 0 Å². The Morgan fingerprint density at radius 3 is 2.63 bits per heavy atom. The van der Waals surface area contributed by atoms with E-state index in [0.717, 1.165) is 38.6 Å². The first kappa shape index (κ1) is 18.3. The van der Waals surface area contributed by atoms with Crippen LogP contribution in [-0.4, -0.2) is 52.4 Å². The zero-order valence-corrected chi connectivity index (χ0v) is 16.2. The molecule has 0 aromatic heterocycles. The van der Waals surface area contributed by atoms with Crippen molar-refractivity contribution in [2.24, 2.45) is 5.41 Å². The molecule has 2 heterocycles. The lowest BCUT2D eigenvalue weighted by atomic mass is 9.77. The van der Waals surface area contributed by atoms with Crippen molar-refractivity contribution in [2.45, 2.75) is 64.3 Å². The van der Waals surface area contributed by atoms with E-state index in [1.165, 1.54) is 19.3 Å². The molecule has 5 nitrogen and oxygen atoms in total. The van der Waals surface area contributed by atoms with Crippen molar-refractivity contribution in [2.75, 3.05) is 19.6 Å². The van der Waals surface area contributed by atoms with Crippen LogP contribution < -0.4 is 0 Å². The van der Waals surface area contributed by atoms with E-state index in [1.807, 2.05) is 4.90 Å². The van der Waals surface area contributed by atoms with E-state index in [1.54, 1.807) is 25.1 Å². The molecule has 1 aromatic carbocycles. The molecular formula is C22H30N2O3. The van der Waals surface area contributed by atoms with Crippen molar-refractivity contribution < 1.29 is 14.7 Å². The van der Waals surface area contributed by atoms with Crippen LogP contribution in [0.2, 0.25) is 0 Å². The Balaban J connectivity index is 1.49. The normalized spacial score (nSPS) is 26.8. The van der Waals surface area contributed by atoms with Gasteiger partial charge in [-0.3, -0.25) is 9.59 Å². The number of aryl methyl sites for hydroxylation is 1. The van der Waals surface area contributed by atoms with Crippen LogP contribution in [0.25, 0.3) is 0 Å². The molecule has 1 aromatic rings. The number of benzene rings is 1. The number of hydrogen-bond acceptors (Lipinski definition) is 3. The van der Waals surface area contributed by atoms with Gasteiger partial charge < -0.3 is 14.9 Å². The van der Waals surface area contributed by atoms with Crippen LogP contribution in [0.1, 0.15) is 67.3 Å². The molecule has 3 fully saturated rings. The van der Waals surface area contributed by atoms with E-state index < -0.39 is 0 Å². The standard InChI is InChI=1S/C22H30N2O3/c1-16-14-17(8-9-19(16)25)20(26)23-13-11-22(15-23)10-5-12-24(21(22)27)18-6-3-2-4-7-18/h8-9,14,18,25H,2-7,10-13,15H2,1H3/t22-/m0/s1. The zero-order valence-electron chi connectivity index (χ0n) is 16.2. The number of piperidine rings is 1. The summed E-state index contributed by atoms with van der Waals surface area (Å²) in [4.78, 5) is 30.3. The Hall–Kier alpha value is -2.04. The summed E-state index contributed by atoms with van der Waals surface area (Å²) in [5, 5.41) is 9.70. The molecule has 3 aliphatic rings. The third-order valence-electron chi connectivity index (χ3n) is 6.87. The van der Waals surface area contributed by atoms with Crippen LogP contribution in [0, 0.1) is 12.3 Å². The quantitative estimate of drug-likeness (QED) is 0.867. The number of likely N-dealkylation sites (tertiary alicyclic amines) is 2. The van der Waals surface area contributed by atoms with Gasteiger partial charge in [0.05, 0.1) is 5.41 Å². The third kappa shape index (κ3) is 3.32. The molecule has 2 aliphatic heterocycles. The molecule has 0 radical (unpaired) electrons.